The molecule has 0 unspecified atom stereocenters. The molecule has 0 bridgehead atoms. The van der Waals surface area contributed by atoms with Crippen LogP contribution in [0.15, 0.2) is 119 Å². The molecule has 0 saturated heterocycles. The smallest absolute Gasteiger partial charge is 0.870 e. The van der Waals surface area contributed by atoms with Gasteiger partial charge in [-0.25, -0.2) is 16.8 Å². The van der Waals surface area contributed by atoms with Crippen LogP contribution in [0.2, 0.25) is 0 Å². The number of rotatable bonds is 16. The third kappa shape index (κ3) is 13.4. The molecule has 0 amide bonds. The summed E-state index contributed by atoms with van der Waals surface area (Å²) in [6.45, 7) is 11.6. The van der Waals surface area contributed by atoms with E-state index in [1.807, 2.05) is 97.3 Å². The van der Waals surface area contributed by atoms with Crippen LogP contribution in [-0.2, 0) is 34.4 Å². The van der Waals surface area contributed by atoms with Crippen LogP contribution in [0.1, 0.15) is 48.9 Å². The summed E-state index contributed by atoms with van der Waals surface area (Å²) in [7, 11) is -6.24. The number of carboxylic acid groups (broad SMARTS) is 1. The fourth-order valence-electron chi connectivity index (χ4n) is 7.80. The second-order valence-electron chi connectivity index (χ2n) is 15.8. The molecule has 6 aromatic carbocycles. The molecule has 0 spiro atoms. The van der Waals surface area contributed by atoms with Gasteiger partial charge in [0.2, 0.25) is 0 Å². The average molecular weight is 939 g/mol. The Hall–Kier alpha value is -6.44. The van der Waals surface area contributed by atoms with Gasteiger partial charge in [-0.3, -0.25) is 19.0 Å². The number of sulfonamides is 2. The molecule has 6 rings (SSSR count). The zero-order chi connectivity index (χ0) is 47.6. The van der Waals surface area contributed by atoms with Gasteiger partial charge in [0.1, 0.15) is 0 Å². The van der Waals surface area contributed by atoms with E-state index in [0.29, 0.717) is 27.9 Å². The van der Waals surface area contributed by atoms with Crippen LogP contribution in [0.4, 0.5) is 22.7 Å². The molecule has 0 heterocycles. The van der Waals surface area contributed by atoms with Gasteiger partial charge in [-0.15, -0.1) is 12.8 Å². The summed E-state index contributed by atoms with van der Waals surface area (Å²) < 4.78 is 62.8. The van der Waals surface area contributed by atoms with Crippen LogP contribution < -0.4 is 38.1 Å². The van der Waals surface area contributed by atoms with Gasteiger partial charge in [0.15, 0.2) is 0 Å². The molecule has 67 heavy (non-hydrogen) atoms. The number of benzene rings is 6. The maximum atomic E-state index is 13.2. The fraction of sp³-hybridized carbons (Fsp3) is 0.255. The van der Waals surface area contributed by atoms with E-state index in [1.54, 1.807) is 63.2 Å². The van der Waals surface area contributed by atoms with E-state index in [2.05, 4.69) is 21.3 Å². The number of anilines is 4. The molecular weight excluding hydrogens is 884 g/mol. The molecule has 0 aliphatic carbocycles. The SMILES string of the molecule is C#CCN(c1ccc(NS(=O)(=O)c2ccc(C)cc2C)c2ccccc12)[C@@H](C)CC(=O)O.C#CCN(c1ccc(NS(=O)(=O)c2ccc(C)cc2C)c2ccccc12)[C@@H](C)CC(=O)OC.[Li+].[OH-]. The number of nitrogens with zero attached hydrogens (tertiary/aromatic N) is 2. The summed E-state index contributed by atoms with van der Waals surface area (Å²) in [4.78, 5) is 27.3. The molecule has 0 aliphatic heterocycles. The van der Waals surface area contributed by atoms with Gasteiger partial charge in [-0.1, -0.05) is 95.8 Å². The zero-order valence-electron chi connectivity index (χ0n) is 39.0. The molecule has 0 fully saturated rings. The quantitative estimate of drug-likeness (QED) is 0.0583. The third-order valence-electron chi connectivity index (χ3n) is 10.9. The minimum atomic E-state index is -3.80. The van der Waals surface area contributed by atoms with Crippen LogP contribution in [-0.4, -0.2) is 71.6 Å². The number of esters is 1. The van der Waals surface area contributed by atoms with Crippen LogP contribution in [0.3, 0.4) is 0 Å². The summed E-state index contributed by atoms with van der Waals surface area (Å²) in [5, 5.41) is 12.3. The molecule has 4 N–H and O–H groups in total. The Balaban J connectivity index is 0.000000345. The normalized spacial score (nSPS) is 11.8. The summed E-state index contributed by atoms with van der Waals surface area (Å²) in [5.41, 5.74) is 5.81. The number of ether oxygens (including phenoxy) is 1. The van der Waals surface area contributed by atoms with Crippen molar-refractivity contribution >= 4 is 76.3 Å². The van der Waals surface area contributed by atoms with Crippen molar-refractivity contribution in [1.29, 1.82) is 0 Å². The predicted octanol–water partition coefficient (Wildman–Crippen LogP) is 6.04. The first-order valence-electron chi connectivity index (χ1n) is 20.7. The van der Waals surface area contributed by atoms with Crippen LogP contribution >= 0.6 is 0 Å². The second-order valence-corrected chi connectivity index (χ2v) is 19.1. The van der Waals surface area contributed by atoms with Crippen molar-refractivity contribution in [3.8, 4) is 24.7 Å². The predicted molar refractivity (Wildman–Crippen MR) is 263 cm³/mol. The molecule has 346 valence electrons. The summed E-state index contributed by atoms with van der Waals surface area (Å²) >= 11 is 0. The van der Waals surface area contributed by atoms with Crippen LogP contribution in [0.25, 0.3) is 21.5 Å². The number of fused-ring (bicyclic) bond motifs is 2. The summed E-state index contributed by atoms with van der Waals surface area (Å²) in [5.74, 6) is 4.00. The van der Waals surface area contributed by atoms with E-state index < -0.39 is 26.0 Å². The van der Waals surface area contributed by atoms with E-state index >= 15 is 0 Å². The van der Waals surface area contributed by atoms with E-state index in [0.717, 1.165) is 38.7 Å². The first-order chi connectivity index (χ1) is 30.8. The number of aliphatic carboxylic acids is 1. The number of hydrogen-bond donors (Lipinski definition) is 3. The molecule has 13 nitrogen and oxygen atoms in total. The fourth-order valence-corrected chi connectivity index (χ4v) is 10.4. The first kappa shape index (κ1) is 54.9. The Morgan fingerprint density at radius 3 is 1.34 bits per heavy atom. The Bertz CT molecular complexity index is 3060. The van der Waals surface area contributed by atoms with Crippen molar-refractivity contribution in [2.24, 2.45) is 0 Å². The maximum absolute atomic E-state index is 13.2. The number of methoxy groups -OCH3 is 1. The zero-order valence-corrected chi connectivity index (χ0v) is 40.6. The van der Waals surface area contributed by atoms with E-state index in [9.17, 15) is 31.5 Å². The molecule has 16 heteroatoms. The van der Waals surface area contributed by atoms with Crippen molar-refractivity contribution in [3.63, 3.8) is 0 Å². The number of carboxylic acids is 1. The maximum Gasteiger partial charge on any atom is 1.00 e. The standard InChI is InChI=1S/C26H28N2O4S.C25H26N2O4S.Li.H2O/c1-6-15-28(20(4)17-26(29)32-5)24-13-12-23(21-9-7-8-10-22(21)24)27-33(30,31)25-14-11-18(2)16-19(25)3;1-5-14-27(19(4)16-25(28)29)23-12-11-22(20-8-6-7-9-21(20)23)26-32(30,31)24-13-10-17(2)15-18(24)3;;/h1,7-14,16,20,27H,15,17H2,2-5H3;1,6-13,15,19,26H,14,16H2,2-4H3,(H,28,29);;1H2/q;;+1;/p-1/t20-;19-;;/m00../s1. The minimum absolute atomic E-state index is 0. The third-order valence-corrected chi connectivity index (χ3v) is 13.9. The second kappa shape index (κ2) is 23.8. The summed E-state index contributed by atoms with van der Waals surface area (Å²) in [6.07, 6.45) is 11.3. The van der Waals surface area contributed by atoms with Gasteiger partial charge in [-0.2, -0.15) is 0 Å². The molecular formula is C51H55LiN4O9S2. The monoisotopic (exact) mass is 938 g/mol. The molecule has 6 aromatic rings. The number of hydrogen-bond acceptors (Lipinski definition) is 10. The Labute approximate surface area is 406 Å². The number of terminal acetylenes is 2. The van der Waals surface area contributed by atoms with Gasteiger partial charge in [0.25, 0.3) is 20.0 Å². The van der Waals surface area contributed by atoms with Crippen molar-refractivity contribution in [1.82, 2.24) is 0 Å². The van der Waals surface area contributed by atoms with Crippen molar-refractivity contribution in [2.45, 2.75) is 76.3 Å². The van der Waals surface area contributed by atoms with Gasteiger partial charge in [-0.05, 0) is 89.1 Å². The number of nitrogens with one attached hydrogen (secondary N) is 2. The Morgan fingerprint density at radius 2 is 1.00 bits per heavy atom. The largest absolute Gasteiger partial charge is 1.00 e. The van der Waals surface area contributed by atoms with E-state index in [-0.39, 0.29) is 78.1 Å². The van der Waals surface area contributed by atoms with Crippen LogP contribution in [0, 0.1) is 52.4 Å². The molecule has 0 aliphatic rings. The van der Waals surface area contributed by atoms with E-state index in [4.69, 9.17) is 17.6 Å². The molecule has 2 atom stereocenters. The number of aryl methyl sites for hydroxylation is 4. The van der Waals surface area contributed by atoms with Crippen molar-refractivity contribution in [2.75, 3.05) is 39.4 Å². The minimum Gasteiger partial charge on any atom is -0.870 e. The number of carbonyl (C=O) groups excluding carboxylic acids is 1. The number of carbonyl (C=O) groups is 2. The first-order valence-corrected chi connectivity index (χ1v) is 23.7. The average Bonchev–Trinajstić information content (AvgIpc) is 3.24. The molecule has 0 saturated carbocycles. The van der Waals surface area contributed by atoms with E-state index in [1.165, 1.54) is 7.11 Å². The topological polar surface area (TPSA) is 192 Å². The molecule has 0 radical (unpaired) electrons. The van der Waals surface area contributed by atoms with Crippen LogP contribution in [0.5, 0.6) is 0 Å². The Morgan fingerprint density at radius 1 is 0.627 bits per heavy atom. The van der Waals surface area contributed by atoms with Gasteiger partial charge >= 0.3 is 30.8 Å². The van der Waals surface area contributed by atoms with Gasteiger partial charge in [0, 0.05) is 45.0 Å². The van der Waals surface area contributed by atoms with Crippen molar-refractivity contribution in [3.05, 3.63) is 131 Å². The Kier molecular flexibility index (Phi) is 19.5. The van der Waals surface area contributed by atoms with Crippen molar-refractivity contribution < 1.29 is 60.6 Å². The molecule has 0 aromatic heterocycles. The summed E-state index contributed by atoms with van der Waals surface area (Å²) in [6, 6.07) is 31.8. The van der Waals surface area contributed by atoms with Gasteiger partial charge in [0.05, 0.1) is 54.2 Å². The van der Waals surface area contributed by atoms with Gasteiger partial charge < -0.3 is 25.1 Å².